The van der Waals surface area contributed by atoms with Gasteiger partial charge in [0.2, 0.25) is 5.09 Å². The molecule has 2 aromatic heterocycles. The van der Waals surface area contributed by atoms with Crippen LogP contribution in [0.2, 0.25) is 0 Å². The zero-order valence-electron chi connectivity index (χ0n) is 10.4. The Labute approximate surface area is 123 Å². The maximum absolute atomic E-state index is 12.0. The van der Waals surface area contributed by atoms with Gasteiger partial charge < -0.3 is 9.73 Å². The van der Waals surface area contributed by atoms with Crippen molar-refractivity contribution in [2.24, 2.45) is 5.14 Å². The van der Waals surface area contributed by atoms with E-state index < -0.39 is 21.0 Å². The minimum Gasteiger partial charge on any atom is -0.438 e. The minimum atomic E-state index is -3.96. The Morgan fingerprint density at radius 3 is 2.81 bits per heavy atom. The van der Waals surface area contributed by atoms with E-state index in [1.165, 1.54) is 17.4 Å². The van der Waals surface area contributed by atoms with Gasteiger partial charge >= 0.3 is 0 Å². The van der Waals surface area contributed by atoms with Crippen molar-refractivity contribution < 1.29 is 17.6 Å². The molecule has 0 aliphatic rings. The van der Waals surface area contributed by atoms with Crippen LogP contribution in [-0.2, 0) is 10.0 Å². The lowest BCUT2D eigenvalue weighted by Gasteiger charge is -2.02. The quantitative estimate of drug-likeness (QED) is 0.762. The van der Waals surface area contributed by atoms with Crippen molar-refractivity contribution in [2.75, 3.05) is 5.32 Å². The third-order valence-electron chi connectivity index (χ3n) is 2.67. The Hall–Kier alpha value is -2.23. The zero-order valence-corrected chi connectivity index (χ0v) is 12.1. The summed E-state index contributed by atoms with van der Waals surface area (Å²) in [6.45, 7) is 0. The second-order valence-electron chi connectivity index (χ2n) is 4.15. The molecule has 21 heavy (non-hydrogen) atoms. The number of carbonyl (C=O) groups is 1. The summed E-state index contributed by atoms with van der Waals surface area (Å²) in [5, 5.41) is 7.08. The van der Waals surface area contributed by atoms with Gasteiger partial charge in [0.25, 0.3) is 15.9 Å². The summed E-state index contributed by atoms with van der Waals surface area (Å²) in [5.41, 5.74) is 3.11. The number of hydrogen-bond donors (Lipinski definition) is 2. The maximum atomic E-state index is 12.0. The number of furan rings is 1. The average molecular weight is 323 g/mol. The van der Waals surface area contributed by atoms with Crippen LogP contribution in [0.5, 0.6) is 0 Å². The number of rotatable bonds is 3. The van der Waals surface area contributed by atoms with Crippen LogP contribution in [0.3, 0.4) is 0 Å². The predicted molar refractivity (Wildman–Crippen MR) is 77.7 cm³/mol. The summed E-state index contributed by atoms with van der Waals surface area (Å²) in [6, 6.07) is 7.63. The molecule has 108 valence electrons. The van der Waals surface area contributed by atoms with E-state index in [-0.39, 0.29) is 5.76 Å². The summed E-state index contributed by atoms with van der Waals surface area (Å²) in [7, 11) is -3.96. The van der Waals surface area contributed by atoms with Crippen LogP contribution in [0.15, 0.2) is 45.4 Å². The summed E-state index contributed by atoms with van der Waals surface area (Å²) in [4.78, 5) is 16.1. The van der Waals surface area contributed by atoms with Gasteiger partial charge in [0.1, 0.15) is 0 Å². The van der Waals surface area contributed by atoms with E-state index in [4.69, 9.17) is 9.56 Å². The van der Waals surface area contributed by atoms with Gasteiger partial charge in [-0.3, -0.25) is 4.79 Å². The molecule has 3 rings (SSSR count). The van der Waals surface area contributed by atoms with Crippen molar-refractivity contribution in [1.29, 1.82) is 0 Å². The number of carbonyl (C=O) groups excluding carboxylic acids is 1. The van der Waals surface area contributed by atoms with Gasteiger partial charge in [0.15, 0.2) is 5.76 Å². The third kappa shape index (κ3) is 2.79. The molecular formula is C12H9N3O4S2. The van der Waals surface area contributed by atoms with Crippen LogP contribution in [0.1, 0.15) is 10.6 Å². The van der Waals surface area contributed by atoms with Crippen LogP contribution in [0, 0.1) is 0 Å². The number of fused-ring (bicyclic) bond motifs is 1. The molecule has 1 aromatic carbocycles. The Morgan fingerprint density at radius 2 is 2.10 bits per heavy atom. The lowest BCUT2D eigenvalue weighted by Crippen LogP contribution is -2.12. The first kappa shape index (κ1) is 13.7. The number of aromatic nitrogens is 1. The van der Waals surface area contributed by atoms with Crippen LogP contribution in [-0.4, -0.2) is 19.3 Å². The second-order valence-corrected chi connectivity index (χ2v) is 6.53. The highest BCUT2D eigenvalue weighted by atomic mass is 32.2. The van der Waals surface area contributed by atoms with Gasteiger partial charge in [-0.2, -0.15) is 0 Å². The molecule has 3 aromatic rings. The van der Waals surface area contributed by atoms with Gasteiger partial charge in [-0.15, -0.1) is 11.3 Å². The Balaban J connectivity index is 1.84. The number of anilines is 1. The summed E-state index contributed by atoms with van der Waals surface area (Å²) >= 11 is 1.45. The van der Waals surface area contributed by atoms with E-state index in [0.717, 1.165) is 16.3 Å². The second kappa shape index (κ2) is 4.95. The molecule has 0 saturated carbocycles. The van der Waals surface area contributed by atoms with Crippen LogP contribution in [0.25, 0.3) is 10.2 Å². The molecule has 2 heterocycles. The molecule has 0 aliphatic heterocycles. The highest BCUT2D eigenvalue weighted by molar-refractivity contribution is 7.89. The fourth-order valence-corrected chi connectivity index (χ4v) is 2.90. The van der Waals surface area contributed by atoms with Crippen molar-refractivity contribution in [3.05, 3.63) is 41.6 Å². The molecule has 0 radical (unpaired) electrons. The number of sulfonamides is 1. The first-order valence-corrected chi connectivity index (χ1v) is 8.13. The van der Waals surface area contributed by atoms with E-state index in [0.29, 0.717) is 5.69 Å². The van der Waals surface area contributed by atoms with E-state index >= 15 is 0 Å². The maximum Gasteiger partial charge on any atom is 0.291 e. The molecule has 0 atom stereocenters. The average Bonchev–Trinajstić information content (AvgIpc) is 3.06. The fraction of sp³-hybridized carbons (Fsp3) is 0. The van der Waals surface area contributed by atoms with Gasteiger partial charge in [0, 0.05) is 5.69 Å². The summed E-state index contributed by atoms with van der Waals surface area (Å²) in [5.74, 6) is -0.697. The fourth-order valence-electron chi connectivity index (χ4n) is 1.72. The van der Waals surface area contributed by atoms with Crippen LogP contribution < -0.4 is 10.5 Å². The van der Waals surface area contributed by atoms with Crippen LogP contribution in [0.4, 0.5) is 5.69 Å². The van der Waals surface area contributed by atoms with Gasteiger partial charge in [-0.25, -0.2) is 18.5 Å². The first-order chi connectivity index (χ1) is 9.93. The molecule has 9 heteroatoms. The standard InChI is InChI=1S/C12H9N3O4S2/c13-21(17,18)11-4-3-9(19-11)12(16)15-7-1-2-8-10(5-7)20-6-14-8/h1-6H,(H,15,16)(H2,13,17,18). The van der Waals surface area contributed by atoms with Crippen molar-refractivity contribution in [3.63, 3.8) is 0 Å². The van der Waals surface area contributed by atoms with Crippen molar-refractivity contribution >= 4 is 43.2 Å². The molecule has 0 saturated heterocycles. The lowest BCUT2D eigenvalue weighted by molar-refractivity contribution is 0.0991. The zero-order chi connectivity index (χ0) is 15.0. The van der Waals surface area contributed by atoms with E-state index in [2.05, 4.69) is 10.3 Å². The number of thiazole rings is 1. The SMILES string of the molecule is NS(=O)(=O)c1ccc(C(=O)Nc2ccc3ncsc3c2)o1. The van der Waals surface area contributed by atoms with Crippen molar-refractivity contribution in [3.8, 4) is 0 Å². The number of nitrogens with two attached hydrogens (primary N) is 1. The molecule has 0 fully saturated rings. The number of amides is 1. The van der Waals surface area contributed by atoms with Crippen LogP contribution >= 0.6 is 11.3 Å². The largest absolute Gasteiger partial charge is 0.438 e. The molecule has 1 amide bonds. The molecule has 3 N–H and O–H groups in total. The molecule has 0 aliphatic carbocycles. The topological polar surface area (TPSA) is 115 Å². The number of primary sulfonamides is 1. The normalized spacial score (nSPS) is 11.7. The smallest absolute Gasteiger partial charge is 0.291 e. The summed E-state index contributed by atoms with van der Waals surface area (Å²) in [6.07, 6.45) is 0. The molecule has 7 nitrogen and oxygen atoms in total. The Morgan fingerprint density at radius 1 is 1.29 bits per heavy atom. The Bertz CT molecular complexity index is 927. The van der Waals surface area contributed by atoms with E-state index in [1.807, 2.05) is 0 Å². The predicted octanol–water partition coefficient (Wildman–Crippen LogP) is 1.79. The Kier molecular flexibility index (Phi) is 3.24. The van der Waals surface area contributed by atoms with Crippen molar-refractivity contribution in [2.45, 2.75) is 5.09 Å². The van der Waals surface area contributed by atoms with E-state index in [1.54, 1.807) is 23.7 Å². The number of nitrogens with zero attached hydrogens (tertiary/aromatic N) is 1. The minimum absolute atomic E-state index is 0.136. The highest BCUT2D eigenvalue weighted by Crippen LogP contribution is 2.22. The van der Waals surface area contributed by atoms with Gasteiger partial charge in [-0.05, 0) is 30.3 Å². The molecular weight excluding hydrogens is 314 g/mol. The molecule has 0 bridgehead atoms. The van der Waals surface area contributed by atoms with Gasteiger partial charge in [-0.1, -0.05) is 0 Å². The lowest BCUT2D eigenvalue weighted by atomic mass is 10.3. The molecule has 0 spiro atoms. The first-order valence-electron chi connectivity index (χ1n) is 5.71. The van der Waals surface area contributed by atoms with Crippen molar-refractivity contribution in [1.82, 2.24) is 4.98 Å². The summed E-state index contributed by atoms with van der Waals surface area (Å²) < 4.78 is 28.0. The number of benzene rings is 1. The highest BCUT2D eigenvalue weighted by Gasteiger charge is 2.17. The van der Waals surface area contributed by atoms with E-state index in [9.17, 15) is 13.2 Å². The third-order valence-corrected chi connectivity index (χ3v) is 4.25. The number of hydrogen-bond acceptors (Lipinski definition) is 6. The molecule has 0 unspecified atom stereocenters. The monoisotopic (exact) mass is 323 g/mol. The van der Waals surface area contributed by atoms with Gasteiger partial charge in [0.05, 0.1) is 15.7 Å². The number of nitrogens with one attached hydrogen (secondary N) is 1.